The summed E-state index contributed by atoms with van der Waals surface area (Å²) in [6, 6.07) is 1.16. The van der Waals surface area contributed by atoms with Crippen molar-refractivity contribution in [3.8, 4) is 0 Å². The van der Waals surface area contributed by atoms with Crippen LogP contribution < -0.4 is 10.6 Å². The van der Waals surface area contributed by atoms with Gasteiger partial charge in [0.15, 0.2) is 5.96 Å². The molecule has 0 spiro atoms. The normalized spacial score (nSPS) is 18.6. The molecule has 2 N–H and O–H groups in total. The van der Waals surface area contributed by atoms with Crippen molar-refractivity contribution >= 4 is 29.9 Å². The van der Waals surface area contributed by atoms with Gasteiger partial charge in [-0.3, -0.25) is 9.89 Å². The lowest BCUT2D eigenvalue weighted by Crippen LogP contribution is -2.48. The van der Waals surface area contributed by atoms with Crippen LogP contribution in [0.4, 0.5) is 0 Å². The van der Waals surface area contributed by atoms with Crippen LogP contribution in [0.2, 0.25) is 0 Å². The highest BCUT2D eigenvalue weighted by molar-refractivity contribution is 14.0. The van der Waals surface area contributed by atoms with Crippen molar-refractivity contribution in [3.63, 3.8) is 0 Å². The Labute approximate surface area is 142 Å². The third-order valence-corrected chi connectivity index (χ3v) is 4.17. The molecule has 0 radical (unpaired) electrons. The van der Waals surface area contributed by atoms with E-state index in [2.05, 4.69) is 41.3 Å². The van der Waals surface area contributed by atoms with Gasteiger partial charge in [-0.2, -0.15) is 0 Å². The third-order valence-electron chi connectivity index (χ3n) is 4.17. The lowest BCUT2D eigenvalue weighted by molar-refractivity contribution is 0.231. The quantitative estimate of drug-likeness (QED) is 0.412. The molecule has 1 saturated carbocycles. The zero-order valence-corrected chi connectivity index (χ0v) is 15.9. The van der Waals surface area contributed by atoms with Gasteiger partial charge in [0.05, 0.1) is 0 Å². The Morgan fingerprint density at radius 1 is 1.20 bits per heavy atom. The standard InChI is InChI=1S/C15H32N4.HI/c1-5-19(6-2)13(3)12-17-15(16-4)18-14-10-8-7-9-11-14;/h13-14H,5-12H2,1-4H3,(H2,16,17,18);1H. The molecule has 5 heteroatoms. The number of halogens is 1. The van der Waals surface area contributed by atoms with Gasteiger partial charge in [-0.25, -0.2) is 0 Å². The molecular weight excluding hydrogens is 363 g/mol. The van der Waals surface area contributed by atoms with E-state index < -0.39 is 0 Å². The average molecular weight is 396 g/mol. The number of aliphatic imine (C=N–C) groups is 1. The fourth-order valence-electron chi connectivity index (χ4n) is 2.86. The van der Waals surface area contributed by atoms with E-state index in [9.17, 15) is 0 Å². The first kappa shape index (κ1) is 20.0. The number of nitrogens with one attached hydrogen (secondary N) is 2. The van der Waals surface area contributed by atoms with Crippen LogP contribution in [0.3, 0.4) is 0 Å². The van der Waals surface area contributed by atoms with Gasteiger partial charge in [0.2, 0.25) is 0 Å². The van der Waals surface area contributed by atoms with Gasteiger partial charge in [0, 0.05) is 25.7 Å². The summed E-state index contributed by atoms with van der Waals surface area (Å²) in [6.07, 6.45) is 6.66. The van der Waals surface area contributed by atoms with E-state index in [1.165, 1.54) is 32.1 Å². The topological polar surface area (TPSA) is 39.7 Å². The summed E-state index contributed by atoms with van der Waals surface area (Å²) in [5.41, 5.74) is 0. The fraction of sp³-hybridized carbons (Fsp3) is 0.933. The summed E-state index contributed by atoms with van der Waals surface area (Å²) in [7, 11) is 1.86. The van der Waals surface area contributed by atoms with E-state index in [1.54, 1.807) is 0 Å². The second kappa shape index (κ2) is 11.6. The minimum Gasteiger partial charge on any atom is -0.355 e. The van der Waals surface area contributed by atoms with Crippen LogP contribution in [0.1, 0.15) is 52.9 Å². The summed E-state index contributed by atoms with van der Waals surface area (Å²) in [6.45, 7) is 9.87. The van der Waals surface area contributed by atoms with E-state index in [0.717, 1.165) is 25.6 Å². The molecule has 1 rings (SSSR count). The van der Waals surface area contributed by atoms with Gasteiger partial charge in [-0.1, -0.05) is 33.1 Å². The molecule has 1 atom stereocenters. The van der Waals surface area contributed by atoms with Crippen LogP contribution >= 0.6 is 24.0 Å². The van der Waals surface area contributed by atoms with Crippen molar-refractivity contribution in [3.05, 3.63) is 0 Å². The van der Waals surface area contributed by atoms with Crippen molar-refractivity contribution in [2.24, 2.45) is 4.99 Å². The minimum absolute atomic E-state index is 0. The van der Waals surface area contributed by atoms with E-state index in [4.69, 9.17) is 0 Å². The average Bonchev–Trinajstić information content (AvgIpc) is 2.45. The van der Waals surface area contributed by atoms with Crippen LogP contribution in [0.15, 0.2) is 4.99 Å². The van der Waals surface area contributed by atoms with Gasteiger partial charge in [-0.15, -0.1) is 24.0 Å². The van der Waals surface area contributed by atoms with E-state index >= 15 is 0 Å². The van der Waals surface area contributed by atoms with E-state index in [-0.39, 0.29) is 24.0 Å². The molecule has 0 aliphatic heterocycles. The number of guanidine groups is 1. The van der Waals surface area contributed by atoms with Crippen LogP contribution in [0.5, 0.6) is 0 Å². The Kier molecular flexibility index (Phi) is 11.6. The third kappa shape index (κ3) is 7.11. The highest BCUT2D eigenvalue weighted by atomic mass is 127. The van der Waals surface area contributed by atoms with Crippen LogP contribution in [-0.2, 0) is 0 Å². The first-order valence-corrected chi connectivity index (χ1v) is 7.92. The van der Waals surface area contributed by atoms with Crippen molar-refractivity contribution in [1.29, 1.82) is 0 Å². The molecule has 4 nitrogen and oxygen atoms in total. The lowest BCUT2D eigenvalue weighted by atomic mass is 9.96. The molecular formula is C15H33IN4. The Bertz CT molecular complexity index is 261. The predicted molar refractivity (Wildman–Crippen MR) is 99.2 cm³/mol. The molecule has 0 saturated heterocycles. The first-order valence-electron chi connectivity index (χ1n) is 7.92. The Morgan fingerprint density at radius 3 is 2.30 bits per heavy atom. The van der Waals surface area contributed by atoms with Crippen molar-refractivity contribution in [1.82, 2.24) is 15.5 Å². The minimum atomic E-state index is 0. The first-order chi connectivity index (χ1) is 9.21. The Balaban J connectivity index is 0.00000361. The Hall–Kier alpha value is -0.0400. The molecule has 1 unspecified atom stereocenters. The highest BCUT2D eigenvalue weighted by Gasteiger charge is 2.15. The summed E-state index contributed by atoms with van der Waals surface area (Å²) in [5, 5.41) is 7.02. The molecule has 0 heterocycles. The van der Waals surface area contributed by atoms with Gasteiger partial charge < -0.3 is 10.6 Å². The SMILES string of the molecule is CCN(CC)C(C)CNC(=NC)NC1CCCCC1.I. The maximum absolute atomic E-state index is 4.34. The largest absolute Gasteiger partial charge is 0.355 e. The number of rotatable bonds is 6. The summed E-state index contributed by atoms with van der Waals surface area (Å²) < 4.78 is 0. The van der Waals surface area contributed by atoms with Gasteiger partial charge >= 0.3 is 0 Å². The summed E-state index contributed by atoms with van der Waals surface area (Å²) >= 11 is 0. The molecule has 1 fully saturated rings. The summed E-state index contributed by atoms with van der Waals surface area (Å²) in [4.78, 5) is 6.80. The molecule has 0 aromatic heterocycles. The van der Waals surface area contributed by atoms with Gasteiger partial charge in [0.25, 0.3) is 0 Å². The number of hydrogen-bond donors (Lipinski definition) is 2. The predicted octanol–water partition coefficient (Wildman–Crippen LogP) is 2.83. The second-order valence-corrected chi connectivity index (χ2v) is 5.50. The maximum Gasteiger partial charge on any atom is 0.191 e. The molecule has 0 aromatic carbocycles. The fourth-order valence-corrected chi connectivity index (χ4v) is 2.86. The van der Waals surface area contributed by atoms with Crippen molar-refractivity contribution < 1.29 is 0 Å². The van der Waals surface area contributed by atoms with Crippen LogP contribution in [0.25, 0.3) is 0 Å². The van der Waals surface area contributed by atoms with Gasteiger partial charge in [0.1, 0.15) is 0 Å². The maximum atomic E-state index is 4.34. The molecule has 20 heavy (non-hydrogen) atoms. The molecule has 1 aliphatic rings. The van der Waals surface area contributed by atoms with Crippen LogP contribution in [-0.4, -0.2) is 49.6 Å². The molecule has 0 amide bonds. The molecule has 1 aliphatic carbocycles. The van der Waals surface area contributed by atoms with E-state index in [1.807, 2.05) is 7.05 Å². The highest BCUT2D eigenvalue weighted by Crippen LogP contribution is 2.17. The second-order valence-electron chi connectivity index (χ2n) is 5.50. The zero-order chi connectivity index (χ0) is 14.1. The number of hydrogen-bond acceptors (Lipinski definition) is 2. The van der Waals surface area contributed by atoms with Crippen molar-refractivity contribution in [2.75, 3.05) is 26.7 Å². The van der Waals surface area contributed by atoms with Gasteiger partial charge in [-0.05, 0) is 32.9 Å². The van der Waals surface area contributed by atoms with Crippen LogP contribution in [0, 0.1) is 0 Å². The lowest BCUT2D eigenvalue weighted by Gasteiger charge is -2.29. The zero-order valence-electron chi connectivity index (χ0n) is 13.6. The summed E-state index contributed by atoms with van der Waals surface area (Å²) in [5.74, 6) is 0.964. The number of nitrogens with zero attached hydrogens (tertiary/aromatic N) is 2. The monoisotopic (exact) mass is 396 g/mol. The Morgan fingerprint density at radius 2 is 1.80 bits per heavy atom. The molecule has 0 bridgehead atoms. The smallest absolute Gasteiger partial charge is 0.191 e. The molecule has 0 aromatic rings. The molecule has 120 valence electrons. The van der Waals surface area contributed by atoms with Crippen molar-refractivity contribution in [2.45, 2.75) is 65.0 Å². The number of likely N-dealkylation sites (N-methyl/N-ethyl adjacent to an activating group) is 1. The van der Waals surface area contributed by atoms with E-state index in [0.29, 0.717) is 12.1 Å².